The molecule has 0 N–H and O–H groups in total. The summed E-state index contributed by atoms with van der Waals surface area (Å²) in [5, 5.41) is 0. The first kappa shape index (κ1) is 12.7. The predicted molar refractivity (Wildman–Crippen MR) is 64.5 cm³/mol. The SMILES string of the molecule is C#CCN(CC)C(=O)c1ccc(F)c(Br)c1. The first-order valence-corrected chi connectivity index (χ1v) is 5.57. The van der Waals surface area contributed by atoms with Crippen LogP contribution >= 0.6 is 15.9 Å². The van der Waals surface area contributed by atoms with E-state index in [1.165, 1.54) is 23.1 Å². The van der Waals surface area contributed by atoms with Crippen molar-refractivity contribution in [3.8, 4) is 12.3 Å². The van der Waals surface area contributed by atoms with Crippen LogP contribution in [0.3, 0.4) is 0 Å². The predicted octanol–water partition coefficient (Wildman–Crippen LogP) is 2.68. The minimum Gasteiger partial charge on any atom is -0.328 e. The summed E-state index contributed by atoms with van der Waals surface area (Å²) in [5.74, 6) is 1.83. The number of amides is 1. The van der Waals surface area contributed by atoms with Gasteiger partial charge in [-0.15, -0.1) is 6.42 Å². The molecule has 0 heterocycles. The lowest BCUT2D eigenvalue weighted by atomic mass is 10.2. The van der Waals surface area contributed by atoms with Crippen molar-refractivity contribution in [2.45, 2.75) is 6.92 Å². The maximum atomic E-state index is 13.0. The van der Waals surface area contributed by atoms with Crippen LogP contribution in [-0.4, -0.2) is 23.9 Å². The second-order valence-electron chi connectivity index (χ2n) is 3.15. The molecule has 4 heteroatoms. The molecule has 0 fully saturated rings. The highest BCUT2D eigenvalue weighted by molar-refractivity contribution is 9.10. The Bertz CT molecular complexity index is 439. The van der Waals surface area contributed by atoms with Crippen LogP contribution in [0.2, 0.25) is 0 Å². The highest BCUT2D eigenvalue weighted by Crippen LogP contribution is 2.17. The first-order chi connectivity index (χ1) is 7.60. The number of hydrogen-bond donors (Lipinski definition) is 0. The Balaban J connectivity index is 2.95. The molecule has 2 nitrogen and oxygen atoms in total. The zero-order valence-corrected chi connectivity index (χ0v) is 10.4. The van der Waals surface area contributed by atoms with Gasteiger partial charge in [0.15, 0.2) is 0 Å². The van der Waals surface area contributed by atoms with E-state index in [-0.39, 0.29) is 16.9 Å². The topological polar surface area (TPSA) is 20.3 Å². The van der Waals surface area contributed by atoms with Crippen LogP contribution in [0, 0.1) is 18.2 Å². The Morgan fingerprint density at radius 3 is 2.81 bits per heavy atom. The molecule has 1 aromatic carbocycles. The summed E-state index contributed by atoms with van der Waals surface area (Å²) < 4.78 is 13.3. The Labute approximate surface area is 103 Å². The molecular weight excluding hydrogens is 273 g/mol. The van der Waals surface area contributed by atoms with Crippen molar-refractivity contribution in [2.75, 3.05) is 13.1 Å². The van der Waals surface area contributed by atoms with Crippen molar-refractivity contribution in [3.05, 3.63) is 34.1 Å². The lowest BCUT2D eigenvalue weighted by Crippen LogP contribution is -2.31. The molecule has 84 valence electrons. The molecule has 0 aliphatic carbocycles. The monoisotopic (exact) mass is 283 g/mol. The summed E-state index contributed by atoms with van der Waals surface area (Å²) in [6.07, 6.45) is 5.16. The molecular formula is C12H11BrFNO. The Kier molecular flexibility index (Phi) is 4.51. The van der Waals surface area contributed by atoms with Crippen molar-refractivity contribution < 1.29 is 9.18 Å². The normalized spacial score (nSPS) is 9.62. The summed E-state index contributed by atoms with van der Waals surface area (Å²) in [6.45, 7) is 2.62. The van der Waals surface area contributed by atoms with Crippen molar-refractivity contribution in [1.29, 1.82) is 0 Å². The molecule has 0 aromatic heterocycles. The number of carbonyl (C=O) groups is 1. The van der Waals surface area contributed by atoms with Gasteiger partial charge in [-0.25, -0.2) is 4.39 Å². The fourth-order valence-electron chi connectivity index (χ4n) is 1.25. The number of benzene rings is 1. The minimum atomic E-state index is -0.392. The van der Waals surface area contributed by atoms with Gasteiger partial charge < -0.3 is 4.90 Å². The summed E-state index contributed by atoms with van der Waals surface area (Å²) in [7, 11) is 0. The van der Waals surface area contributed by atoms with Crippen LogP contribution in [0.1, 0.15) is 17.3 Å². The van der Waals surface area contributed by atoms with E-state index >= 15 is 0 Å². The fraction of sp³-hybridized carbons (Fsp3) is 0.250. The maximum absolute atomic E-state index is 13.0. The Hall–Kier alpha value is -1.34. The number of carbonyl (C=O) groups excluding carboxylic acids is 1. The average molecular weight is 284 g/mol. The minimum absolute atomic E-state index is 0.193. The van der Waals surface area contributed by atoms with Crippen LogP contribution in [0.5, 0.6) is 0 Å². The van der Waals surface area contributed by atoms with Crippen LogP contribution in [0.4, 0.5) is 4.39 Å². The molecule has 1 aromatic rings. The van der Waals surface area contributed by atoms with E-state index in [9.17, 15) is 9.18 Å². The molecule has 0 aliphatic heterocycles. The summed E-state index contributed by atoms with van der Waals surface area (Å²) in [6, 6.07) is 4.15. The van der Waals surface area contributed by atoms with E-state index in [0.717, 1.165) is 0 Å². The zero-order chi connectivity index (χ0) is 12.1. The number of hydrogen-bond acceptors (Lipinski definition) is 1. The highest BCUT2D eigenvalue weighted by atomic mass is 79.9. The van der Waals surface area contributed by atoms with E-state index in [2.05, 4.69) is 21.9 Å². The molecule has 0 radical (unpaired) electrons. The van der Waals surface area contributed by atoms with Crippen LogP contribution in [0.15, 0.2) is 22.7 Å². The second-order valence-corrected chi connectivity index (χ2v) is 4.01. The molecule has 1 amide bonds. The van der Waals surface area contributed by atoms with Gasteiger partial charge in [0, 0.05) is 12.1 Å². The Morgan fingerprint density at radius 1 is 1.62 bits per heavy atom. The lowest BCUT2D eigenvalue weighted by molar-refractivity contribution is 0.0785. The molecule has 0 atom stereocenters. The number of nitrogens with zero attached hydrogens (tertiary/aromatic N) is 1. The summed E-state index contributed by atoms with van der Waals surface area (Å²) in [4.78, 5) is 13.4. The van der Waals surface area contributed by atoms with Crippen molar-refractivity contribution in [1.82, 2.24) is 4.90 Å². The summed E-state index contributed by atoms with van der Waals surface area (Å²) >= 11 is 3.04. The fourth-order valence-corrected chi connectivity index (χ4v) is 1.63. The molecule has 0 saturated heterocycles. The molecule has 0 saturated carbocycles. The third-order valence-corrected chi connectivity index (χ3v) is 2.73. The highest BCUT2D eigenvalue weighted by Gasteiger charge is 2.14. The smallest absolute Gasteiger partial charge is 0.254 e. The lowest BCUT2D eigenvalue weighted by Gasteiger charge is -2.18. The van der Waals surface area contributed by atoms with Gasteiger partial charge in [0.1, 0.15) is 5.82 Å². The van der Waals surface area contributed by atoms with Gasteiger partial charge in [0.25, 0.3) is 5.91 Å². The number of rotatable bonds is 3. The zero-order valence-electron chi connectivity index (χ0n) is 8.84. The largest absolute Gasteiger partial charge is 0.328 e. The van der Waals surface area contributed by atoms with Crippen molar-refractivity contribution in [3.63, 3.8) is 0 Å². The number of terminal acetylenes is 1. The van der Waals surface area contributed by atoms with Gasteiger partial charge in [-0.3, -0.25) is 4.79 Å². The van der Waals surface area contributed by atoms with Gasteiger partial charge in [-0.2, -0.15) is 0 Å². The second kappa shape index (κ2) is 5.66. The van der Waals surface area contributed by atoms with Crippen molar-refractivity contribution >= 4 is 21.8 Å². The molecule has 1 rings (SSSR count). The van der Waals surface area contributed by atoms with E-state index < -0.39 is 5.82 Å². The van der Waals surface area contributed by atoms with E-state index in [1.807, 2.05) is 6.92 Å². The van der Waals surface area contributed by atoms with Gasteiger partial charge in [0.05, 0.1) is 11.0 Å². The average Bonchev–Trinajstić information content (AvgIpc) is 2.28. The van der Waals surface area contributed by atoms with Gasteiger partial charge in [-0.1, -0.05) is 5.92 Å². The van der Waals surface area contributed by atoms with Crippen LogP contribution in [-0.2, 0) is 0 Å². The third-order valence-electron chi connectivity index (χ3n) is 2.12. The molecule has 0 aliphatic rings. The first-order valence-electron chi connectivity index (χ1n) is 4.78. The maximum Gasteiger partial charge on any atom is 0.254 e. The van der Waals surface area contributed by atoms with E-state index in [4.69, 9.17) is 6.42 Å². The van der Waals surface area contributed by atoms with Gasteiger partial charge >= 0.3 is 0 Å². The molecule has 0 bridgehead atoms. The third kappa shape index (κ3) is 2.83. The molecule has 0 spiro atoms. The standard InChI is InChI=1S/C12H11BrFNO/c1-3-7-15(4-2)12(16)9-5-6-11(14)10(13)8-9/h1,5-6,8H,4,7H2,2H3. The number of halogens is 2. The molecule has 16 heavy (non-hydrogen) atoms. The van der Waals surface area contributed by atoms with Gasteiger partial charge in [-0.05, 0) is 41.1 Å². The Morgan fingerprint density at radius 2 is 2.31 bits per heavy atom. The quantitative estimate of drug-likeness (QED) is 0.781. The van der Waals surface area contributed by atoms with E-state index in [1.54, 1.807) is 0 Å². The van der Waals surface area contributed by atoms with Crippen LogP contribution < -0.4 is 0 Å². The van der Waals surface area contributed by atoms with Gasteiger partial charge in [0.2, 0.25) is 0 Å². The van der Waals surface area contributed by atoms with Crippen LogP contribution in [0.25, 0.3) is 0 Å². The van der Waals surface area contributed by atoms with E-state index in [0.29, 0.717) is 12.1 Å². The molecule has 0 unspecified atom stereocenters. The summed E-state index contributed by atoms with van der Waals surface area (Å²) in [5.41, 5.74) is 0.422. The van der Waals surface area contributed by atoms with Crippen molar-refractivity contribution in [2.24, 2.45) is 0 Å².